The van der Waals surface area contributed by atoms with Crippen LogP contribution in [0.25, 0.3) is 0 Å². The Balaban J connectivity index is 2.03. The first-order chi connectivity index (χ1) is 10.3. The van der Waals surface area contributed by atoms with Crippen molar-refractivity contribution in [2.24, 2.45) is 12.5 Å². The molecule has 22 heavy (non-hydrogen) atoms. The zero-order chi connectivity index (χ0) is 16.4. The molecule has 0 radical (unpaired) electrons. The lowest BCUT2D eigenvalue weighted by Gasteiger charge is -2.45. The number of nitrogens with one attached hydrogen (secondary N) is 1. The predicted molar refractivity (Wildman–Crippen MR) is 80.9 cm³/mol. The monoisotopic (exact) mass is 311 g/mol. The minimum atomic E-state index is -0.836. The van der Waals surface area contributed by atoms with Gasteiger partial charge in [-0.3, -0.25) is 4.79 Å². The molecular weight excluding hydrogens is 286 g/mol. The van der Waals surface area contributed by atoms with Crippen molar-refractivity contribution in [1.82, 2.24) is 15.1 Å². The molecule has 7 nitrogen and oxygen atoms in total. The molecule has 0 saturated carbocycles. The Hall–Kier alpha value is -1.60. The summed E-state index contributed by atoms with van der Waals surface area (Å²) in [6.45, 7) is 5.37. The van der Waals surface area contributed by atoms with Gasteiger partial charge in [-0.25, -0.2) is 4.68 Å². The van der Waals surface area contributed by atoms with Crippen LogP contribution in [-0.4, -0.2) is 53.3 Å². The molecular formula is C15H25N3O4. The van der Waals surface area contributed by atoms with E-state index in [1.807, 2.05) is 13.8 Å². The first-order valence-corrected chi connectivity index (χ1v) is 7.45. The number of hydrogen-bond donors (Lipinski definition) is 2. The fourth-order valence-electron chi connectivity index (χ4n) is 2.77. The maximum absolute atomic E-state index is 12.3. The topological polar surface area (TPSA) is 85.6 Å². The van der Waals surface area contributed by atoms with Gasteiger partial charge in [0.25, 0.3) is 5.91 Å². The summed E-state index contributed by atoms with van der Waals surface area (Å²) in [5, 5.41) is 17.7. The highest BCUT2D eigenvalue weighted by Crippen LogP contribution is 2.38. The van der Waals surface area contributed by atoms with Crippen molar-refractivity contribution < 1.29 is 19.4 Å². The number of aryl methyl sites for hydroxylation is 1. The Morgan fingerprint density at radius 3 is 2.77 bits per heavy atom. The SMILES string of the molecule is COc1c(C(=O)NCC(C)(C)C2(O)CCOCC2)cnn1C. The molecule has 0 aliphatic carbocycles. The minimum absolute atomic E-state index is 0.256. The number of carbonyl (C=O) groups is 1. The minimum Gasteiger partial charge on any atom is -0.481 e. The van der Waals surface area contributed by atoms with Crippen LogP contribution in [0.5, 0.6) is 5.88 Å². The molecule has 124 valence electrons. The third-order valence-corrected chi connectivity index (χ3v) is 4.59. The van der Waals surface area contributed by atoms with E-state index in [4.69, 9.17) is 9.47 Å². The number of aromatic nitrogens is 2. The van der Waals surface area contributed by atoms with E-state index in [1.165, 1.54) is 18.0 Å². The smallest absolute Gasteiger partial charge is 0.258 e. The van der Waals surface area contributed by atoms with Crippen molar-refractivity contribution in [3.05, 3.63) is 11.8 Å². The van der Waals surface area contributed by atoms with Crippen LogP contribution in [0.2, 0.25) is 0 Å². The molecule has 7 heteroatoms. The van der Waals surface area contributed by atoms with Gasteiger partial charge in [-0.1, -0.05) is 13.8 Å². The molecule has 0 spiro atoms. The number of aliphatic hydroxyl groups is 1. The molecule has 0 aromatic carbocycles. The molecule has 1 saturated heterocycles. The molecule has 2 heterocycles. The molecule has 0 atom stereocenters. The van der Waals surface area contributed by atoms with Crippen molar-refractivity contribution >= 4 is 5.91 Å². The van der Waals surface area contributed by atoms with E-state index in [0.29, 0.717) is 44.0 Å². The summed E-state index contributed by atoms with van der Waals surface area (Å²) in [5.74, 6) is 0.161. The number of amides is 1. The number of carbonyl (C=O) groups excluding carboxylic acids is 1. The van der Waals surface area contributed by atoms with Gasteiger partial charge in [0.05, 0.1) is 18.9 Å². The van der Waals surface area contributed by atoms with E-state index < -0.39 is 11.0 Å². The third kappa shape index (κ3) is 3.10. The van der Waals surface area contributed by atoms with Crippen LogP contribution < -0.4 is 10.1 Å². The molecule has 2 rings (SSSR count). The molecule has 2 N–H and O–H groups in total. The van der Waals surface area contributed by atoms with Crippen LogP contribution in [0.3, 0.4) is 0 Å². The van der Waals surface area contributed by atoms with Crippen LogP contribution in [0.4, 0.5) is 0 Å². The van der Waals surface area contributed by atoms with Crippen molar-refractivity contribution in [3.63, 3.8) is 0 Å². The van der Waals surface area contributed by atoms with E-state index >= 15 is 0 Å². The molecule has 1 amide bonds. The zero-order valence-electron chi connectivity index (χ0n) is 13.7. The second kappa shape index (κ2) is 6.26. The van der Waals surface area contributed by atoms with Gasteiger partial charge in [0.15, 0.2) is 0 Å². The molecule has 1 aromatic rings. The largest absolute Gasteiger partial charge is 0.481 e. The maximum atomic E-state index is 12.3. The maximum Gasteiger partial charge on any atom is 0.258 e. The van der Waals surface area contributed by atoms with E-state index in [2.05, 4.69) is 10.4 Å². The summed E-state index contributed by atoms with van der Waals surface area (Å²) < 4.78 is 12.0. The average molecular weight is 311 g/mol. The number of nitrogens with zero attached hydrogens (tertiary/aromatic N) is 2. The van der Waals surface area contributed by atoms with Gasteiger partial charge < -0.3 is 19.9 Å². The number of rotatable bonds is 5. The van der Waals surface area contributed by atoms with Crippen molar-refractivity contribution in [2.45, 2.75) is 32.3 Å². The second-order valence-electron chi connectivity index (χ2n) is 6.40. The average Bonchev–Trinajstić information content (AvgIpc) is 2.86. The van der Waals surface area contributed by atoms with Crippen LogP contribution in [0.15, 0.2) is 6.20 Å². The predicted octanol–water partition coefficient (Wildman–Crippen LogP) is 0.726. The van der Waals surface area contributed by atoms with Crippen molar-refractivity contribution in [3.8, 4) is 5.88 Å². The molecule has 0 bridgehead atoms. The Kier molecular flexibility index (Phi) is 4.77. The standard InChI is InChI=1S/C15H25N3O4/c1-14(2,15(20)5-7-22-8-6-15)10-16-12(19)11-9-17-18(3)13(11)21-4/h9,20H,5-8,10H2,1-4H3,(H,16,19). The highest BCUT2D eigenvalue weighted by atomic mass is 16.5. The fourth-order valence-corrected chi connectivity index (χ4v) is 2.77. The summed E-state index contributed by atoms with van der Waals surface area (Å²) in [6.07, 6.45) is 2.63. The second-order valence-corrected chi connectivity index (χ2v) is 6.40. The lowest BCUT2D eigenvalue weighted by atomic mass is 9.70. The number of hydrogen-bond acceptors (Lipinski definition) is 5. The zero-order valence-corrected chi connectivity index (χ0v) is 13.7. The van der Waals surface area contributed by atoms with E-state index in [9.17, 15) is 9.90 Å². The molecule has 1 aliphatic heterocycles. The number of ether oxygens (including phenoxy) is 2. The van der Waals surface area contributed by atoms with Crippen LogP contribution >= 0.6 is 0 Å². The third-order valence-electron chi connectivity index (χ3n) is 4.59. The Bertz CT molecular complexity index is 533. The summed E-state index contributed by atoms with van der Waals surface area (Å²) >= 11 is 0. The molecule has 0 unspecified atom stereocenters. The van der Waals surface area contributed by atoms with Gasteiger partial charge in [-0.2, -0.15) is 5.10 Å². The van der Waals surface area contributed by atoms with Crippen molar-refractivity contribution in [2.75, 3.05) is 26.9 Å². The van der Waals surface area contributed by atoms with Gasteiger partial charge in [-0.15, -0.1) is 0 Å². The quantitative estimate of drug-likeness (QED) is 0.837. The first kappa shape index (κ1) is 16.8. The van der Waals surface area contributed by atoms with E-state index in [0.717, 1.165) is 0 Å². The van der Waals surface area contributed by atoms with Crippen LogP contribution in [-0.2, 0) is 11.8 Å². The Morgan fingerprint density at radius 2 is 2.18 bits per heavy atom. The highest BCUT2D eigenvalue weighted by molar-refractivity contribution is 5.96. The summed E-state index contributed by atoms with van der Waals surface area (Å²) in [7, 11) is 3.22. The van der Waals surface area contributed by atoms with E-state index in [-0.39, 0.29) is 5.91 Å². The Labute approximate surface area is 130 Å². The van der Waals surface area contributed by atoms with Crippen LogP contribution in [0, 0.1) is 5.41 Å². The lowest BCUT2D eigenvalue weighted by Crippen LogP contribution is -2.53. The van der Waals surface area contributed by atoms with Gasteiger partial charge in [0, 0.05) is 45.1 Å². The van der Waals surface area contributed by atoms with Gasteiger partial charge in [-0.05, 0) is 0 Å². The van der Waals surface area contributed by atoms with Gasteiger partial charge in [0.2, 0.25) is 5.88 Å². The van der Waals surface area contributed by atoms with Gasteiger partial charge in [0.1, 0.15) is 5.56 Å². The summed E-state index contributed by atoms with van der Waals surface area (Å²) in [6, 6.07) is 0. The summed E-state index contributed by atoms with van der Waals surface area (Å²) in [4.78, 5) is 12.3. The van der Waals surface area contributed by atoms with E-state index in [1.54, 1.807) is 7.05 Å². The Morgan fingerprint density at radius 1 is 1.55 bits per heavy atom. The molecule has 1 aromatic heterocycles. The lowest BCUT2D eigenvalue weighted by molar-refractivity contribution is -0.130. The fraction of sp³-hybridized carbons (Fsp3) is 0.733. The highest BCUT2D eigenvalue weighted by Gasteiger charge is 2.44. The summed E-state index contributed by atoms with van der Waals surface area (Å²) in [5.41, 5.74) is -0.904. The molecule has 1 fully saturated rings. The van der Waals surface area contributed by atoms with Crippen molar-refractivity contribution in [1.29, 1.82) is 0 Å². The first-order valence-electron chi connectivity index (χ1n) is 7.45. The normalized spacial score (nSPS) is 18.0. The van der Waals surface area contributed by atoms with Crippen LogP contribution in [0.1, 0.15) is 37.0 Å². The van der Waals surface area contributed by atoms with Gasteiger partial charge >= 0.3 is 0 Å². The molecule has 1 aliphatic rings. The number of methoxy groups -OCH3 is 1.